The van der Waals surface area contributed by atoms with Crippen molar-refractivity contribution in [2.75, 3.05) is 30.6 Å². The van der Waals surface area contributed by atoms with E-state index < -0.39 is 15.1 Å². The van der Waals surface area contributed by atoms with Crippen LogP contribution in [0.1, 0.15) is 6.92 Å². The van der Waals surface area contributed by atoms with Crippen LogP contribution >= 0.6 is 23.5 Å². The molecule has 2 unspecified atom stereocenters. The van der Waals surface area contributed by atoms with Crippen LogP contribution in [0.2, 0.25) is 0 Å². The zero-order valence-electron chi connectivity index (χ0n) is 8.89. The minimum Gasteiger partial charge on any atom is -0.455 e. The van der Waals surface area contributed by atoms with E-state index in [4.69, 9.17) is 11.4 Å². The van der Waals surface area contributed by atoms with Crippen molar-refractivity contribution in [3.8, 4) is 0 Å². The van der Waals surface area contributed by atoms with Gasteiger partial charge in [0.2, 0.25) is 0 Å². The van der Waals surface area contributed by atoms with E-state index >= 15 is 0 Å². The summed E-state index contributed by atoms with van der Waals surface area (Å²) in [5.74, 6) is 2.00. The lowest BCUT2D eigenvalue weighted by Gasteiger charge is -2.17. The van der Waals surface area contributed by atoms with Crippen LogP contribution in [0.5, 0.6) is 0 Å². The molecule has 0 saturated carbocycles. The smallest absolute Gasteiger partial charge is 0.455 e. The molecule has 1 saturated heterocycles. The fourth-order valence-corrected chi connectivity index (χ4v) is 4.46. The van der Waals surface area contributed by atoms with Gasteiger partial charge in [-0.1, -0.05) is 0 Å². The average Bonchev–Trinajstić information content (AvgIpc) is 2.50. The Hall–Kier alpha value is 1.11. The van der Waals surface area contributed by atoms with Crippen molar-refractivity contribution >= 4 is 38.7 Å². The minimum atomic E-state index is -1.79. The monoisotopic (exact) mass is 252 g/mol. The maximum Gasteiger partial charge on any atom is 0.906 e. The molecule has 0 aromatic heterocycles. The Labute approximate surface area is 99.6 Å². The molecule has 1 aliphatic rings. The third-order valence-corrected chi connectivity index (χ3v) is 5.02. The summed E-state index contributed by atoms with van der Waals surface area (Å²) in [5, 5.41) is 0. The normalized spacial score (nSPS) is 27.2. The highest BCUT2D eigenvalue weighted by Gasteiger charge is 2.46. The lowest BCUT2D eigenvalue weighted by Crippen LogP contribution is -2.26. The molecule has 82 valence electrons. The molecule has 0 aromatic carbocycles. The SMILES string of the molecule is CC[O][Al]1[O]C(CSC)C(CSC)[O]1. The standard InChI is InChI=1S/C6H12O2S2.C2H5O.Al/c1-9-3-5(7)6(8)4-10-2;1-2-3;/h5-6H,3-4H2,1-2H3;2H2,1H3;/q-2;-1;+3. The Bertz CT molecular complexity index is 148. The molecule has 1 heterocycles. The quantitative estimate of drug-likeness (QED) is 0.668. The highest BCUT2D eigenvalue weighted by atomic mass is 32.2. The van der Waals surface area contributed by atoms with E-state index in [1.54, 1.807) is 23.5 Å². The second-order valence-corrected chi connectivity index (χ2v) is 6.28. The second kappa shape index (κ2) is 7.40. The summed E-state index contributed by atoms with van der Waals surface area (Å²) >= 11 is 1.82. The van der Waals surface area contributed by atoms with Crippen molar-refractivity contribution in [2.45, 2.75) is 19.1 Å². The molecule has 0 spiro atoms. The van der Waals surface area contributed by atoms with Crippen LogP contribution in [0.4, 0.5) is 0 Å². The Balaban J connectivity index is 2.38. The van der Waals surface area contributed by atoms with Gasteiger partial charge < -0.3 is 11.4 Å². The van der Waals surface area contributed by atoms with Crippen LogP contribution in [0.15, 0.2) is 0 Å². The van der Waals surface area contributed by atoms with Gasteiger partial charge in [0.1, 0.15) is 0 Å². The lowest BCUT2D eigenvalue weighted by atomic mass is 10.3. The number of thioether (sulfide) groups is 2. The van der Waals surface area contributed by atoms with Crippen molar-refractivity contribution in [2.24, 2.45) is 0 Å². The van der Waals surface area contributed by atoms with E-state index in [2.05, 4.69) is 12.5 Å². The Morgan fingerprint density at radius 1 is 1.14 bits per heavy atom. The molecule has 2 atom stereocenters. The van der Waals surface area contributed by atoms with E-state index in [9.17, 15) is 0 Å². The fourth-order valence-electron chi connectivity index (χ4n) is 1.33. The number of hydrogen-bond donors (Lipinski definition) is 0. The van der Waals surface area contributed by atoms with Crippen LogP contribution in [0.25, 0.3) is 0 Å². The molecule has 0 radical (unpaired) electrons. The van der Waals surface area contributed by atoms with Crippen LogP contribution in [-0.4, -0.2) is 58.0 Å². The van der Waals surface area contributed by atoms with Gasteiger partial charge >= 0.3 is 15.1 Å². The third-order valence-electron chi connectivity index (χ3n) is 1.95. The molecule has 0 amide bonds. The van der Waals surface area contributed by atoms with E-state index in [0.29, 0.717) is 6.61 Å². The first kappa shape index (κ1) is 13.2. The average molecular weight is 252 g/mol. The van der Waals surface area contributed by atoms with E-state index in [1.807, 2.05) is 6.92 Å². The highest BCUT2D eigenvalue weighted by molar-refractivity contribution is 7.98. The van der Waals surface area contributed by atoms with Crippen molar-refractivity contribution in [1.82, 2.24) is 0 Å². The molecule has 0 bridgehead atoms. The molecular weight excluding hydrogens is 235 g/mol. The van der Waals surface area contributed by atoms with Crippen LogP contribution in [-0.2, 0) is 11.4 Å². The summed E-state index contributed by atoms with van der Waals surface area (Å²) in [4.78, 5) is 0. The molecule has 0 N–H and O–H groups in total. The zero-order chi connectivity index (χ0) is 10.4. The summed E-state index contributed by atoms with van der Waals surface area (Å²) in [6.07, 6.45) is 4.66. The summed E-state index contributed by atoms with van der Waals surface area (Å²) in [6, 6.07) is 0. The molecule has 3 nitrogen and oxygen atoms in total. The summed E-state index contributed by atoms with van der Waals surface area (Å²) in [7, 11) is 0. The van der Waals surface area contributed by atoms with Gasteiger partial charge in [0.25, 0.3) is 0 Å². The predicted molar refractivity (Wildman–Crippen MR) is 63.9 cm³/mol. The van der Waals surface area contributed by atoms with Gasteiger partial charge in [0.05, 0.1) is 12.2 Å². The Morgan fingerprint density at radius 3 is 2.00 bits per heavy atom. The zero-order valence-corrected chi connectivity index (χ0v) is 11.7. The number of hydrogen-bond acceptors (Lipinski definition) is 5. The molecule has 1 aliphatic heterocycles. The van der Waals surface area contributed by atoms with Gasteiger partial charge in [0.15, 0.2) is 0 Å². The summed E-state index contributed by atoms with van der Waals surface area (Å²) < 4.78 is 17.0. The predicted octanol–water partition coefficient (Wildman–Crippen LogP) is 1.52. The van der Waals surface area contributed by atoms with Crippen molar-refractivity contribution in [3.63, 3.8) is 0 Å². The van der Waals surface area contributed by atoms with Gasteiger partial charge in [-0.15, -0.1) is 0 Å². The highest BCUT2D eigenvalue weighted by Crippen LogP contribution is 2.22. The van der Waals surface area contributed by atoms with Crippen molar-refractivity contribution < 1.29 is 11.4 Å². The molecule has 1 rings (SSSR count). The third kappa shape index (κ3) is 3.93. The van der Waals surface area contributed by atoms with Gasteiger partial charge in [0, 0.05) is 18.1 Å². The first-order chi connectivity index (χ1) is 6.81. The first-order valence-electron chi connectivity index (χ1n) is 4.72. The molecule has 6 heteroatoms. The maximum absolute atomic E-state index is 5.77. The van der Waals surface area contributed by atoms with Gasteiger partial charge in [-0.3, -0.25) is 0 Å². The summed E-state index contributed by atoms with van der Waals surface area (Å²) in [5.41, 5.74) is 0. The van der Waals surface area contributed by atoms with Gasteiger partial charge in [-0.05, 0) is 19.4 Å². The molecule has 0 aliphatic carbocycles. The topological polar surface area (TPSA) is 27.7 Å². The van der Waals surface area contributed by atoms with Crippen LogP contribution in [0, 0.1) is 0 Å². The van der Waals surface area contributed by atoms with Gasteiger partial charge in [-0.25, -0.2) is 0 Å². The molecule has 14 heavy (non-hydrogen) atoms. The van der Waals surface area contributed by atoms with Gasteiger partial charge in [-0.2, -0.15) is 23.5 Å². The first-order valence-corrected chi connectivity index (χ1v) is 8.92. The second-order valence-electron chi connectivity index (χ2n) is 3.00. The van der Waals surface area contributed by atoms with E-state index in [1.165, 1.54) is 0 Å². The van der Waals surface area contributed by atoms with E-state index in [-0.39, 0.29) is 12.2 Å². The number of rotatable bonds is 6. The molecule has 0 aromatic rings. The minimum absolute atomic E-state index is 0.237. The lowest BCUT2D eigenvalue weighted by molar-refractivity contribution is 0.173. The summed E-state index contributed by atoms with van der Waals surface area (Å²) in [6.45, 7) is 2.67. The largest absolute Gasteiger partial charge is 0.906 e. The van der Waals surface area contributed by atoms with E-state index in [0.717, 1.165) is 11.5 Å². The van der Waals surface area contributed by atoms with Crippen LogP contribution in [0.3, 0.4) is 0 Å². The fraction of sp³-hybridized carbons (Fsp3) is 1.00. The Kier molecular flexibility index (Phi) is 6.96. The van der Waals surface area contributed by atoms with Crippen molar-refractivity contribution in [3.05, 3.63) is 0 Å². The van der Waals surface area contributed by atoms with Crippen LogP contribution < -0.4 is 0 Å². The molecule has 1 fully saturated rings. The maximum atomic E-state index is 5.77. The molecular formula is C8H17AlO3S2. The Morgan fingerprint density at radius 2 is 1.64 bits per heavy atom. The van der Waals surface area contributed by atoms with Crippen molar-refractivity contribution in [1.29, 1.82) is 0 Å².